The number of hydrogen-bond donors (Lipinski definition) is 0. The smallest absolute Gasteiger partial charge is 0.274 e. The molecule has 0 radical (unpaired) electrons. The van der Waals surface area contributed by atoms with Crippen LogP contribution in [-0.2, 0) is 17.8 Å². The van der Waals surface area contributed by atoms with Crippen molar-refractivity contribution >= 4 is 27.3 Å². The Labute approximate surface area is 230 Å². The Morgan fingerprint density at radius 1 is 0.842 bits per heavy atom. The zero-order chi connectivity index (χ0) is 26.9. The second-order valence-electron chi connectivity index (χ2n) is 8.70. The van der Waals surface area contributed by atoms with Crippen LogP contribution >= 0.6 is 15.9 Å². The molecule has 4 rings (SSSR count). The summed E-state index contributed by atoms with van der Waals surface area (Å²) in [5.74, 6) is 2.03. The molecule has 0 atom stereocenters. The highest BCUT2D eigenvalue weighted by molar-refractivity contribution is 9.10. The van der Waals surface area contributed by atoms with Crippen molar-refractivity contribution in [1.82, 2.24) is 0 Å². The van der Waals surface area contributed by atoms with Crippen molar-refractivity contribution in [1.29, 1.82) is 0 Å². The molecule has 0 aliphatic heterocycles. The fourth-order valence-electron chi connectivity index (χ4n) is 4.09. The molecule has 4 aromatic carbocycles. The van der Waals surface area contributed by atoms with E-state index in [0.717, 1.165) is 21.3 Å². The van der Waals surface area contributed by atoms with Crippen LogP contribution in [0.4, 0.5) is 11.4 Å². The number of ether oxygens (including phenoxy) is 3. The molecule has 0 saturated carbocycles. The van der Waals surface area contributed by atoms with Crippen LogP contribution in [0.3, 0.4) is 0 Å². The van der Waals surface area contributed by atoms with Gasteiger partial charge in [-0.05, 0) is 64.3 Å². The summed E-state index contributed by atoms with van der Waals surface area (Å²) < 4.78 is 17.7. The molecule has 4 aromatic rings. The van der Waals surface area contributed by atoms with Crippen molar-refractivity contribution in [3.05, 3.63) is 122 Å². The van der Waals surface area contributed by atoms with Crippen LogP contribution in [0.25, 0.3) is 0 Å². The molecule has 196 valence electrons. The SMILES string of the molecule is COCCOc1cc(Oc2ccc(CN(Cc3ccccc3)c3cccc([N+](=O)[O-])c3C)cc2)ccc1Br. The van der Waals surface area contributed by atoms with E-state index in [1.54, 1.807) is 26.2 Å². The predicted octanol–water partition coefficient (Wildman–Crippen LogP) is 7.69. The number of halogens is 1. The first-order valence-electron chi connectivity index (χ1n) is 12.2. The Bertz CT molecular complexity index is 1360. The van der Waals surface area contributed by atoms with Crippen molar-refractivity contribution in [2.45, 2.75) is 20.0 Å². The number of methoxy groups -OCH3 is 1. The van der Waals surface area contributed by atoms with Crippen molar-refractivity contribution in [3.63, 3.8) is 0 Å². The largest absolute Gasteiger partial charge is 0.490 e. The second-order valence-corrected chi connectivity index (χ2v) is 9.55. The molecule has 0 aromatic heterocycles. The lowest BCUT2D eigenvalue weighted by Gasteiger charge is -2.27. The molecule has 0 aliphatic carbocycles. The summed E-state index contributed by atoms with van der Waals surface area (Å²) >= 11 is 3.50. The van der Waals surface area contributed by atoms with Gasteiger partial charge in [0.25, 0.3) is 5.69 Å². The molecule has 0 fully saturated rings. The maximum Gasteiger partial charge on any atom is 0.274 e. The molecule has 8 heteroatoms. The quantitative estimate of drug-likeness (QED) is 0.0977. The summed E-state index contributed by atoms with van der Waals surface area (Å²) in [5, 5.41) is 11.6. The lowest BCUT2D eigenvalue weighted by molar-refractivity contribution is -0.385. The van der Waals surface area contributed by atoms with E-state index < -0.39 is 0 Å². The van der Waals surface area contributed by atoms with Crippen LogP contribution in [0, 0.1) is 17.0 Å². The normalized spacial score (nSPS) is 10.7. The third kappa shape index (κ3) is 7.12. The molecule has 0 saturated heterocycles. The molecule has 38 heavy (non-hydrogen) atoms. The minimum Gasteiger partial charge on any atom is -0.490 e. The lowest BCUT2D eigenvalue weighted by atomic mass is 10.1. The molecule has 0 bridgehead atoms. The number of nitro groups is 1. The average Bonchev–Trinajstić information content (AvgIpc) is 2.92. The molecule has 0 unspecified atom stereocenters. The van der Waals surface area contributed by atoms with Crippen molar-refractivity contribution in [2.24, 2.45) is 0 Å². The first-order chi connectivity index (χ1) is 18.4. The Balaban J connectivity index is 1.52. The van der Waals surface area contributed by atoms with E-state index in [9.17, 15) is 10.1 Å². The maximum absolute atomic E-state index is 11.6. The van der Waals surface area contributed by atoms with Gasteiger partial charge in [-0.2, -0.15) is 0 Å². The summed E-state index contributed by atoms with van der Waals surface area (Å²) in [6.45, 7) is 3.93. The van der Waals surface area contributed by atoms with E-state index in [0.29, 0.717) is 49.1 Å². The molecular weight excluding hydrogens is 548 g/mol. The summed E-state index contributed by atoms with van der Waals surface area (Å²) in [5.41, 5.74) is 3.77. The highest BCUT2D eigenvalue weighted by Gasteiger charge is 2.18. The van der Waals surface area contributed by atoms with Gasteiger partial charge in [0.1, 0.15) is 23.9 Å². The zero-order valence-electron chi connectivity index (χ0n) is 21.3. The lowest BCUT2D eigenvalue weighted by Crippen LogP contribution is -2.23. The summed E-state index contributed by atoms with van der Waals surface area (Å²) in [7, 11) is 1.63. The van der Waals surface area contributed by atoms with E-state index in [2.05, 4.69) is 33.0 Å². The van der Waals surface area contributed by atoms with Crippen molar-refractivity contribution < 1.29 is 19.1 Å². The van der Waals surface area contributed by atoms with Gasteiger partial charge in [-0.3, -0.25) is 10.1 Å². The third-order valence-electron chi connectivity index (χ3n) is 6.01. The first kappa shape index (κ1) is 27.2. The van der Waals surface area contributed by atoms with Gasteiger partial charge in [0, 0.05) is 38.0 Å². The van der Waals surface area contributed by atoms with E-state index in [1.807, 2.05) is 66.7 Å². The van der Waals surface area contributed by atoms with Crippen molar-refractivity contribution in [2.75, 3.05) is 25.2 Å². The Morgan fingerprint density at radius 2 is 1.53 bits per heavy atom. The monoisotopic (exact) mass is 576 g/mol. The number of anilines is 1. The summed E-state index contributed by atoms with van der Waals surface area (Å²) in [6, 6.07) is 28.7. The topological polar surface area (TPSA) is 74.1 Å². The highest BCUT2D eigenvalue weighted by Crippen LogP contribution is 2.33. The molecular formula is C30H29BrN2O5. The van der Waals surface area contributed by atoms with Gasteiger partial charge in [-0.25, -0.2) is 0 Å². The molecule has 0 heterocycles. The molecule has 7 nitrogen and oxygen atoms in total. The van der Waals surface area contributed by atoms with E-state index in [-0.39, 0.29) is 10.6 Å². The number of nitro benzene ring substituents is 1. The first-order valence-corrected chi connectivity index (χ1v) is 12.9. The van der Waals surface area contributed by atoms with Gasteiger partial charge in [-0.1, -0.05) is 48.5 Å². The summed E-state index contributed by atoms with van der Waals surface area (Å²) in [4.78, 5) is 13.4. The van der Waals surface area contributed by atoms with Crippen LogP contribution < -0.4 is 14.4 Å². The van der Waals surface area contributed by atoms with Crippen LogP contribution in [0.15, 0.2) is 95.5 Å². The Morgan fingerprint density at radius 3 is 2.21 bits per heavy atom. The van der Waals surface area contributed by atoms with Gasteiger partial charge < -0.3 is 19.1 Å². The standard InChI is InChI=1S/C30H29BrN2O5/c1-22-28(9-6-10-29(22)33(34)35)32(20-23-7-4-3-5-8-23)21-24-11-13-25(14-12-24)38-26-15-16-27(31)30(19-26)37-18-17-36-2/h3-16,19H,17-18,20-21H2,1-2H3. The number of nitrogens with zero attached hydrogens (tertiary/aromatic N) is 2. The minimum absolute atomic E-state index is 0.115. The van der Waals surface area contributed by atoms with Gasteiger partial charge >= 0.3 is 0 Å². The Kier molecular flexibility index (Phi) is 9.35. The van der Waals surface area contributed by atoms with Crippen LogP contribution in [-0.4, -0.2) is 25.2 Å². The average molecular weight is 577 g/mol. The van der Waals surface area contributed by atoms with Crippen LogP contribution in [0.1, 0.15) is 16.7 Å². The molecule has 0 spiro atoms. The highest BCUT2D eigenvalue weighted by atomic mass is 79.9. The second kappa shape index (κ2) is 13.1. The van der Waals surface area contributed by atoms with Crippen LogP contribution in [0.2, 0.25) is 0 Å². The van der Waals surface area contributed by atoms with E-state index >= 15 is 0 Å². The minimum atomic E-state index is -0.332. The Hall–Kier alpha value is -3.88. The van der Waals surface area contributed by atoms with E-state index in [4.69, 9.17) is 14.2 Å². The molecule has 0 amide bonds. The summed E-state index contributed by atoms with van der Waals surface area (Å²) in [6.07, 6.45) is 0. The van der Waals surface area contributed by atoms with E-state index in [1.165, 1.54) is 0 Å². The maximum atomic E-state index is 11.6. The third-order valence-corrected chi connectivity index (χ3v) is 6.67. The van der Waals surface area contributed by atoms with Gasteiger partial charge in [0.2, 0.25) is 0 Å². The number of rotatable bonds is 12. The van der Waals surface area contributed by atoms with Gasteiger partial charge in [0.05, 0.1) is 21.6 Å². The predicted molar refractivity (Wildman–Crippen MR) is 152 cm³/mol. The zero-order valence-corrected chi connectivity index (χ0v) is 22.9. The number of hydrogen-bond acceptors (Lipinski definition) is 6. The van der Waals surface area contributed by atoms with Gasteiger partial charge in [-0.15, -0.1) is 0 Å². The molecule has 0 aliphatic rings. The number of benzene rings is 4. The molecule has 0 N–H and O–H groups in total. The fraction of sp³-hybridized carbons (Fsp3) is 0.200. The fourth-order valence-corrected chi connectivity index (χ4v) is 4.46. The van der Waals surface area contributed by atoms with Crippen LogP contribution in [0.5, 0.6) is 17.2 Å². The van der Waals surface area contributed by atoms with Crippen molar-refractivity contribution in [3.8, 4) is 17.2 Å². The van der Waals surface area contributed by atoms with Gasteiger partial charge in [0.15, 0.2) is 0 Å².